The van der Waals surface area contributed by atoms with Gasteiger partial charge in [0.05, 0.1) is 18.7 Å². The van der Waals surface area contributed by atoms with Crippen molar-refractivity contribution in [2.45, 2.75) is 19.9 Å². The molecule has 1 fully saturated rings. The smallest absolute Gasteiger partial charge is 0.229 e. The van der Waals surface area contributed by atoms with Gasteiger partial charge < -0.3 is 14.6 Å². The lowest BCUT2D eigenvalue weighted by Crippen LogP contribution is -2.27. The second-order valence-electron chi connectivity index (χ2n) is 5.88. The van der Waals surface area contributed by atoms with Crippen LogP contribution < -0.4 is 5.32 Å². The summed E-state index contributed by atoms with van der Waals surface area (Å²) in [7, 11) is 0. The van der Waals surface area contributed by atoms with Gasteiger partial charge in [-0.05, 0) is 43.3 Å². The van der Waals surface area contributed by atoms with Crippen LogP contribution in [0, 0.1) is 5.92 Å². The Bertz CT molecular complexity index is 750. The van der Waals surface area contributed by atoms with Gasteiger partial charge in [-0.2, -0.15) is 0 Å². The zero-order chi connectivity index (χ0) is 17.1. The monoisotopic (exact) mass is 326 g/mol. The molecule has 0 radical (unpaired) electrons. The van der Waals surface area contributed by atoms with Crippen LogP contribution in [0.3, 0.4) is 0 Å². The number of anilines is 1. The number of furan rings is 1. The van der Waals surface area contributed by atoms with Gasteiger partial charge in [-0.25, -0.2) is 0 Å². The van der Waals surface area contributed by atoms with E-state index in [-0.39, 0.29) is 29.9 Å². The summed E-state index contributed by atoms with van der Waals surface area (Å²) in [6.07, 6.45) is 1.75. The summed E-state index contributed by atoms with van der Waals surface area (Å²) < 4.78 is 5.24. The Morgan fingerprint density at radius 1 is 1.25 bits per heavy atom. The summed E-state index contributed by atoms with van der Waals surface area (Å²) in [6.45, 7) is 2.24. The van der Waals surface area contributed by atoms with Gasteiger partial charge in [0.1, 0.15) is 5.76 Å². The van der Waals surface area contributed by atoms with E-state index in [0.717, 1.165) is 0 Å². The van der Waals surface area contributed by atoms with Crippen molar-refractivity contribution in [3.05, 3.63) is 54.0 Å². The fraction of sp³-hybridized carbons (Fsp3) is 0.278. The first kappa shape index (κ1) is 16.0. The fourth-order valence-electron chi connectivity index (χ4n) is 2.72. The van der Waals surface area contributed by atoms with E-state index in [0.29, 0.717) is 30.1 Å². The van der Waals surface area contributed by atoms with E-state index in [1.54, 1.807) is 47.6 Å². The van der Waals surface area contributed by atoms with Crippen molar-refractivity contribution in [2.75, 3.05) is 11.9 Å². The Balaban J connectivity index is 1.59. The van der Waals surface area contributed by atoms with Crippen molar-refractivity contribution in [2.24, 2.45) is 5.92 Å². The second kappa shape index (κ2) is 6.70. The average molecular weight is 326 g/mol. The van der Waals surface area contributed by atoms with E-state index in [4.69, 9.17) is 4.42 Å². The molecule has 1 aromatic heterocycles. The maximum atomic E-state index is 12.3. The highest BCUT2D eigenvalue weighted by atomic mass is 16.3. The number of likely N-dealkylation sites (tertiary alicyclic amines) is 1. The minimum Gasteiger partial charge on any atom is -0.467 e. The number of hydrogen-bond donors (Lipinski definition) is 1. The lowest BCUT2D eigenvalue weighted by Gasteiger charge is -2.15. The van der Waals surface area contributed by atoms with Gasteiger partial charge >= 0.3 is 0 Å². The van der Waals surface area contributed by atoms with Crippen LogP contribution in [0.4, 0.5) is 5.69 Å². The molecule has 0 unspecified atom stereocenters. The fourth-order valence-corrected chi connectivity index (χ4v) is 2.72. The molecule has 1 aliphatic rings. The standard InChI is InChI=1S/C18H18N2O4/c1-12(21)13-4-6-15(7-5-13)19-18(23)14-9-17(22)20(10-14)11-16-3-2-8-24-16/h2-8,14H,9-11H2,1H3,(H,19,23)/t14-/m1/s1. The van der Waals surface area contributed by atoms with Gasteiger partial charge in [0.15, 0.2) is 5.78 Å². The molecule has 1 atom stereocenters. The third kappa shape index (κ3) is 3.53. The van der Waals surface area contributed by atoms with Crippen LogP contribution in [0.25, 0.3) is 0 Å². The minimum atomic E-state index is -0.389. The molecule has 1 aliphatic heterocycles. The molecule has 6 heteroatoms. The Morgan fingerprint density at radius 3 is 2.62 bits per heavy atom. The molecule has 2 aromatic rings. The van der Waals surface area contributed by atoms with Gasteiger partial charge in [-0.3, -0.25) is 14.4 Å². The zero-order valence-electron chi connectivity index (χ0n) is 13.3. The summed E-state index contributed by atoms with van der Waals surface area (Å²) in [6, 6.07) is 10.3. The van der Waals surface area contributed by atoms with E-state index in [9.17, 15) is 14.4 Å². The topological polar surface area (TPSA) is 79.6 Å². The molecule has 0 bridgehead atoms. The van der Waals surface area contributed by atoms with Gasteiger partial charge in [0.2, 0.25) is 11.8 Å². The SMILES string of the molecule is CC(=O)c1ccc(NC(=O)[C@@H]2CC(=O)N(Cc3ccco3)C2)cc1. The summed E-state index contributed by atoms with van der Waals surface area (Å²) in [5.74, 6) is 0.0337. The molecular formula is C18H18N2O4. The van der Waals surface area contributed by atoms with Crippen LogP contribution in [0.1, 0.15) is 29.5 Å². The molecule has 1 aromatic carbocycles. The Kier molecular flexibility index (Phi) is 4.46. The molecule has 24 heavy (non-hydrogen) atoms. The van der Waals surface area contributed by atoms with E-state index >= 15 is 0 Å². The van der Waals surface area contributed by atoms with Crippen molar-refractivity contribution in [3.63, 3.8) is 0 Å². The highest BCUT2D eigenvalue weighted by Crippen LogP contribution is 2.22. The molecule has 1 saturated heterocycles. The molecule has 1 N–H and O–H groups in total. The highest BCUT2D eigenvalue weighted by Gasteiger charge is 2.34. The Hall–Kier alpha value is -2.89. The first-order chi connectivity index (χ1) is 11.5. The summed E-state index contributed by atoms with van der Waals surface area (Å²) in [4.78, 5) is 37.3. The number of hydrogen-bond acceptors (Lipinski definition) is 4. The molecule has 0 aliphatic carbocycles. The van der Waals surface area contributed by atoms with E-state index in [1.807, 2.05) is 0 Å². The molecule has 3 rings (SSSR count). The first-order valence-electron chi connectivity index (χ1n) is 7.75. The van der Waals surface area contributed by atoms with E-state index < -0.39 is 0 Å². The van der Waals surface area contributed by atoms with Crippen LogP contribution in [0.5, 0.6) is 0 Å². The number of benzene rings is 1. The van der Waals surface area contributed by atoms with Gasteiger partial charge in [0.25, 0.3) is 0 Å². The van der Waals surface area contributed by atoms with Gasteiger partial charge in [-0.1, -0.05) is 0 Å². The molecule has 6 nitrogen and oxygen atoms in total. The molecule has 2 amide bonds. The van der Waals surface area contributed by atoms with Crippen molar-refractivity contribution < 1.29 is 18.8 Å². The highest BCUT2D eigenvalue weighted by molar-refractivity contribution is 5.98. The van der Waals surface area contributed by atoms with Crippen molar-refractivity contribution in [3.8, 4) is 0 Å². The molecular weight excluding hydrogens is 308 g/mol. The third-order valence-electron chi connectivity index (χ3n) is 4.07. The zero-order valence-corrected chi connectivity index (χ0v) is 13.3. The van der Waals surface area contributed by atoms with Crippen molar-refractivity contribution in [1.29, 1.82) is 0 Å². The number of Topliss-reactive ketones (excluding diaryl/α,β-unsaturated/α-hetero) is 1. The van der Waals surface area contributed by atoms with Crippen molar-refractivity contribution >= 4 is 23.3 Å². The number of rotatable bonds is 5. The molecule has 124 valence electrons. The predicted molar refractivity (Wildman–Crippen MR) is 87.3 cm³/mol. The van der Waals surface area contributed by atoms with Gasteiger partial charge in [0, 0.05) is 24.2 Å². The predicted octanol–water partition coefficient (Wildman–Crippen LogP) is 2.47. The molecule has 0 spiro atoms. The summed E-state index contributed by atoms with van der Waals surface area (Å²) in [5.41, 5.74) is 1.20. The van der Waals surface area contributed by atoms with E-state index in [1.165, 1.54) is 6.92 Å². The Morgan fingerprint density at radius 2 is 2.00 bits per heavy atom. The lowest BCUT2D eigenvalue weighted by atomic mass is 10.1. The van der Waals surface area contributed by atoms with Crippen LogP contribution >= 0.6 is 0 Å². The average Bonchev–Trinajstić information content (AvgIpc) is 3.19. The number of nitrogens with zero attached hydrogens (tertiary/aromatic N) is 1. The number of carbonyl (C=O) groups excluding carboxylic acids is 3. The van der Waals surface area contributed by atoms with Crippen LogP contribution in [0.15, 0.2) is 47.1 Å². The van der Waals surface area contributed by atoms with E-state index in [2.05, 4.69) is 5.32 Å². The second-order valence-corrected chi connectivity index (χ2v) is 5.88. The minimum absolute atomic E-state index is 0.0252. The number of carbonyl (C=O) groups is 3. The molecule has 0 saturated carbocycles. The van der Waals surface area contributed by atoms with Gasteiger partial charge in [-0.15, -0.1) is 0 Å². The van der Waals surface area contributed by atoms with Crippen molar-refractivity contribution in [1.82, 2.24) is 4.90 Å². The van der Waals surface area contributed by atoms with Crippen LogP contribution in [0.2, 0.25) is 0 Å². The largest absolute Gasteiger partial charge is 0.467 e. The number of nitrogens with one attached hydrogen (secondary N) is 1. The summed E-state index contributed by atoms with van der Waals surface area (Å²) >= 11 is 0. The number of amides is 2. The number of ketones is 1. The molecule has 2 heterocycles. The summed E-state index contributed by atoms with van der Waals surface area (Å²) in [5, 5.41) is 2.80. The third-order valence-corrected chi connectivity index (χ3v) is 4.07. The first-order valence-corrected chi connectivity index (χ1v) is 7.75. The maximum Gasteiger partial charge on any atom is 0.229 e. The normalized spacial score (nSPS) is 17.1. The Labute approximate surface area is 139 Å². The quantitative estimate of drug-likeness (QED) is 0.856. The van der Waals surface area contributed by atoms with Crippen LogP contribution in [-0.4, -0.2) is 29.0 Å². The lowest BCUT2D eigenvalue weighted by molar-refractivity contribution is -0.128. The maximum absolute atomic E-state index is 12.3. The van der Waals surface area contributed by atoms with Crippen LogP contribution in [-0.2, 0) is 16.1 Å².